The summed E-state index contributed by atoms with van der Waals surface area (Å²) in [5, 5.41) is 0. The minimum atomic E-state index is -0.397. The third-order valence-electron chi connectivity index (χ3n) is 1.88. The molecule has 84 valence electrons. The molecule has 0 aliphatic heterocycles. The Labute approximate surface area is 95.0 Å². The highest BCUT2D eigenvalue weighted by atomic mass is 16.5. The molecule has 0 N–H and O–H groups in total. The summed E-state index contributed by atoms with van der Waals surface area (Å²) < 4.78 is 9.94. The predicted octanol–water partition coefficient (Wildman–Crippen LogP) is 2.44. The van der Waals surface area contributed by atoms with Gasteiger partial charge in [-0.2, -0.15) is 0 Å². The van der Waals surface area contributed by atoms with Crippen molar-refractivity contribution in [3.8, 4) is 5.75 Å². The molecule has 0 saturated carbocycles. The van der Waals surface area contributed by atoms with Gasteiger partial charge in [0, 0.05) is 11.6 Å². The molecule has 0 heterocycles. The number of ether oxygens (including phenoxy) is 2. The van der Waals surface area contributed by atoms with E-state index in [1.807, 2.05) is 24.3 Å². The Morgan fingerprint density at radius 1 is 1.44 bits per heavy atom. The second kappa shape index (κ2) is 6.45. The molecule has 1 rings (SSSR count). The average Bonchev–Trinajstić information content (AvgIpc) is 2.34. The van der Waals surface area contributed by atoms with E-state index in [1.165, 1.54) is 12.2 Å². The zero-order chi connectivity index (χ0) is 11.8. The third kappa shape index (κ3) is 3.61. The quantitative estimate of drug-likeness (QED) is 0.432. The molecule has 0 amide bonds. The fraction of sp³-hybridized carbons (Fsp3) is 0.154. The molecule has 0 saturated heterocycles. The topological polar surface area (TPSA) is 35.5 Å². The van der Waals surface area contributed by atoms with Gasteiger partial charge < -0.3 is 9.47 Å². The van der Waals surface area contributed by atoms with Gasteiger partial charge in [-0.3, -0.25) is 0 Å². The Morgan fingerprint density at radius 2 is 2.19 bits per heavy atom. The first kappa shape index (κ1) is 12.0. The van der Waals surface area contributed by atoms with Gasteiger partial charge in [0.15, 0.2) is 0 Å². The van der Waals surface area contributed by atoms with Crippen LogP contribution in [0, 0.1) is 0 Å². The van der Waals surface area contributed by atoms with Gasteiger partial charge in [-0.1, -0.05) is 30.9 Å². The first-order valence-corrected chi connectivity index (χ1v) is 4.86. The van der Waals surface area contributed by atoms with Crippen molar-refractivity contribution in [2.45, 2.75) is 0 Å². The molecule has 1 aromatic rings. The average molecular weight is 218 g/mol. The lowest BCUT2D eigenvalue weighted by Crippen LogP contribution is -1.99. The standard InChI is InChI=1S/C13H14O3/c1-3-10-16-13(14)9-8-11-6-4-5-7-12(11)15-2/h3-9H,1,10H2,2H3/b9-8+. The summed E-state index contributed by atoms with van der Waals surface area (Å²) in [6.07, 6.45) is 4.54. The van der Waals surface area contributed by atoms with Crippen molar-refractivity contribution in [2.75, 3.05) is 13.7 Å². The van der Waals surface area contributed by atoms with Gasteiger partial charge in [0.25, 0.3) is 0 Å². The van der Waals surface area contributed by atoms with E-state index >= 15 is 0 Å². The van der Waals surface area contributed by atoms with Crippen LogP contribution in [-0.2, 0) is 9.53 Å². The number of para-hydroxylation sites is 1. The molecule has 0 atom stereocenters. The van der Waals surface area contributed by atoms with Crippen molar-refractivity contribution < 1.29 is 14.3 Å². The molecule has 0 bridgehead atoms. The van der Waals surface area contributed by atoms with E-state index in [0.29, 0.717) is 0 Å². The van der Waals surface area contributed by atoms with Gasteiger partial charge in [0.2, 0.25) is 0 Å². The summed E-state index contributed by atoms with van der Waals surface area (Å²) in [4.78, 5) is 11.2. The molecule has 0 aliphatic rings. The van der Waals surface area contributed by atoms with Crippen LogP contribution >= 0.6 is 0 Å². The van der Waals surface area contributed by atoms with E-state index in [0.717, 1.165) is 11.3 Å². The summed E-state index contributed by atoms with van der Waals surface area (Å²) >= 11 is 0. The number of esters is 1. The maximum atomic E-state index is 11.2. The Kier molecular flexibility index (Phi) is 4.86. The molecule has 16 heavy (non-hydrogen) atoms. The van der Waals surface area contributed by atoms with E-state index < -0.39 is 5.97 Å². The molecule has 0 unspecified atom stereocenters. The summed E-state index contributed by atoms with van der Waals surface area (Å²) in [5.74, 6) is 0.320. The second-order valence-electron chi connectivity index (χ2n) is 2.99. The molecule has 3 nitrogen and oxygen atoms in total. The molecular weight excluding hydrogens is 204 g/mol. The molecule has 0 aliphatic carbocycles. The van der Waals surface area contributed by atoms with Gasteiger partial charge in [-0.15, -0.1) is 0 Å². The van der Waals surface area contributed by atoms with Crippen molar-refractivity contribution in [1.82, 2.24) is 0 Å². The van der Waals surface area contributed by atoms with E-state index in [4.69, 9.17) is 9.47 Å². The smallest absolute Gasteiger partial charge is 0.331 e. The summed E-state index contributed by atoms with van der Waals surface area (Å²) in [6, 6.07) is 7.42. The third-order valence-corrected chi connectivity index (χ3v) is 1.88. The Hall–Kier alpha value is -2.03. The predicted molar refractivity (Wildman–Crippen MR) is 63.2 cm³/mol. The summed E-state index contributed by atoms with van der Waals surface area (Å²) in [5.41, 5.74) is 0.834. The van der Waals surface area contributed by atoms with Crippen molar-refractivity contribution in [2.24, 2.45) is 0 Å². The van der Waals surface area contributed by atoms with E-state index in [2.05, 4.69) is 6.58 Å². The van der Waals surface area contributed by atoms with Gasteiger partial charge >= 0.3 is 5.97 Å². The van der Waals surface area contributed by atoms with Crippen LogP contribution < -0.4 is 4.74 Å². The van der Waals surface area contributed by atoms with Crippen molar-refractivity contribution in [1.29, 1.82) is 0 Å². The van der Waals surface area contributed by atoms with Crippen LogP contribution in [0.4, 0.5) is 0 Å². The highest BCUT2D eigenvalue weighted by Gasteiger charge is 1.99. The molecular formula is C13H14O3. The fourth-order valence-corrected chi connectivity index (χ4v) is 1.15. The van der Waals surface area contributed by atoms with E-state index in [1.54, 1.807) is 13.2 Å². The maximum Gasteiger partial charge on any atom is 0.331 e. The summed E-state index contributed by atoms with van der Waals surface area (Å²) in [6.45, 7) is 3.67. The van der Waals surface area contributed by atoms with Crippen LogP contribution in [0.1, 0.15) is 5.56 Å². The lowest BCUT2D eigenvalue weighted by atomic mass is 10.2. The van der Waals surface area contributed by atoms with Crippen LogP contribution in [0.2, 0.25) is 0 Å². The normalized spacial score (nSPS) is 10.1. The maximum absolute atomic E-state index is 11.2. The van der Waals surface area contributed by atoms with Crippen LogP contribution in [-0.4, -0.2) is 19.7 Å². The highest BCUT2D eigenvalue weighted by molar-refractivity contribution is 5.87. The molecule has 0 aromatic heterocycles. The van der Waals surface area contributed by atoms with E-state index in [9.17, 15) is 4.79 Å². The first-order chi connectivity index (χ1) is 7.77. The van der Waals surface area contributed by atoms with Gasteiger partial charge in [-0.05, 0) is 12.1 Å². The lowest BCUT2D eigenvalue weighted by Gasteiger charge is -2.03. The highest BCUT2D eigenvalue weighted by Crippen LogP contribution is 2.18. The number of benzene rings is 1. The number of hydrogen-bond acceptors (Lipinski definition) is 3. The zero-order valence-corrected chi connectivity index (χ0v) is 9.18. The number of carbonyl (C=O) groups is 1. The Morgan fingerprint density at radius 3 is 2.88 bits per heavy atom. The van der Waals surface area contributed by atoms with Crippen molar-refractivity contribution >= 4 is 12.0 Å². The lowest BCUT2D eigenvalue weighted by molar-refractivity contribution is -0.136. The van der Waals surface area contributed by atoms with Crippen molar-refractivity contribution in [3.63, 3.8) is 0 Å². The number of hydrogen-bond donors (Lipinski definition) is 0. The fourth-order valence-electron chi connectivity index (χ4n) is 1.15. The first-order valence-electron chi connectivity index (χ1n) is 4.86. The minimum absolute atomic E-state index is 0.217. The van der Waals surface area contributed by atoms with E-state index in [-0.39, 0.29) is 6.61 Å². The largest absolute Gasteiger partial charge is 0.496 e. The van der Waals surface area contributed by atoms with Crippen LogP contribution in [0.15, 0.2) is 43.0 Å². The minimum Gasteiger partial charge on any atom is -0.496 e. The van der Waals surface area contributed by atoms with Gasteiger partial charge in [0.05, 0.1) is 7.11 Å². The van der Waals surface area contributed by atoms with Gasteiger partial charge in [0.1, 0.15) is 12.4 Å². The molecule has 0 spiro atoms. The molecule has 0 fully saturated rings. The van der Waals surface area contributed by atoms with Gasteiger partial charge in [-0.25, -0.2) is 4.79 Å². The Bertz CT molecular complexity index is 394. The second-order valence-corrected chi connectivity index (χ2v) is 2.99. The SMILES string of the molecule is C=CCOC(=O)/C=C/c1ccccc1OC. The zero-order valence-electron chi connectivity index (χ0n) is 9.18. The van der Waals surface area contributed by atoms with Crippen molar-refractivity contribution in [3.05, 3.63) is 48.6 Å². The number of rotatable bonds is 5. The Balaban J connectivity index is 2.68. The molecule has 3 heteroatoms. The number of methoxy groups -OCH3 is 1. The van der Waals surface area contributed by atoms with Crippen LogP contribution in [0.3, 0.4) is 0 Å². The summed E-state index contributed by atoms with van der Waals surface area (Å²) in [7, 11) is 1.59. The van der Waals surface area contributed by atoms with Crippen LogP contribution in [0.5, 0.6) is 5.75 Å². The molecule has 1 aromatic carbocycles. The van der Waals surface area contributed by atoms with Crippen LogP contribution in [0.25, 0.3) is 6.08 Å². The number of carbonyl (C=O) groups excluding carboxylic acids is 1. The monoisotopic (exact) mass is 218 g/mol. The molecule has 0 radical (unpaired) electrons.